The fraction of sp³-hybridized carbons (Fsp3) is 0.500. The van der Waals surface area contributed by atoms with Crippen LogP contribution in [-0.2, 0) is 6.61 Å². The second-order valence-electron chi connectivity index (χ2n) is 4.82. The summed E-state index contributed by atoms with van der Waals surface area (Å²) in [5.41, 5.74) is 1.37. The Morgan fingerprint density at radius 2 is 2.00 bits per heavy atom. The quantitative estimate of drug-likeness (QED) is 0.747. The van der Waals surface area contributed by atoms with Gasteiger partial charge in [0.15, 0.2) is 0 Å². The van der Waals surface area contributed by atoms with Crippen molar-refractivity contribution in [3.63, 3.8) is 0 Å². The van der Waals surface area contributed by atoms with Gasteiger partial charge in [-0.15, -0.1) is 0 Å². The molecular formula is C14H19NO3. The summed E-state index contributed by atoms with van der Waals surface area (Å²) in [5.74, 6) is 0.0595. The average Bonchev–Trinajstić information content (AvgIpc) is 2.81. The van der Waals surface area contributed by atoms with Crippen LogP contribution in [0.2, 0.25) is 0 Å². The number of aliphatic hydroxyl groups excluding tert-OH is 2. The molecule has 0 spiro atoms. The van der Waals surface area contributed by atoms with Gasteiger partial charge >= 0.3 is 0 Å². The van der Waals surface area contributed by atoms with Crippen LogP contribution in [0.15, 0.2) is 24.3 Å². The molecule has 2 atom stereocenters. The Hall–Kier alpha value is -1.39. The third-order valence-corrected chi connectivity index (χ3v) is 3.54. The van der Waals surface area contributed by atoms with Gasteiger partial charge in [0.2, 0.25) is 0 Å². The van der Waals surface area contributed by atoms with Crippen LogP contribution in [0.1, 0.15) is 35.2 Å². The van der Waals surface area contributed by atoms with Crippen molar-refractivity contribution in [2.75, 3.05) is 6.54 Å². The van der Waals surface area contributed by atoms with Crippen LogP contribution in [0.5, 0.6) is 0 Å². The standard InChI is InChI=1S/C14H19NO3/c16-9-10-4-6-11(7-5-10)14(18)15-8-12-2-1-3-13(12)17/h4-7,12-13,16-17H,1-3,8-9H2,(H,15,18). The normalized spacial score (nSPS) is 23.0. The van der Waals surface area contributed by atoms with E-state index in [-0.39, 0.29) is 24.5 Å². The van der Waals surface area contributed by atoms with E-state index in [9.17, 15) is 9.90 Å². The lowest BCUT2D eigenvalue weighted by atomic mass is 10.1. The van der Waals surface area contributed by atoms with Crippen LogP contribution in [0.3, 0.4) is 0 Å². The van der Waals surface area contributed by atoms with Crippen molar-refractivity contribution in [3.8, 4) is 0 Å². The number of hydrogen-bond donors (Lipinski definition) is 3. The largest absolute Gasteiger partial charge is 0.393 e. The number of aliphatic hydroxyl groups is 2. The molecule has 1 aliphatic rings. The second kappa shape index (κ2) is 5.98. The Balaban J connectivity index is 1.87. The monoisotopic (exact) mass is 249 g/mol. The maximum atomic E-state index is 11.9. The van der Waals surface area contributed by atoms with Gasteiger partial charge in [-0.1, -0.05) is 18.6 Å². The molecular weight excluding hydrogens is 230 g/mol. The Bertz CT molecular complexity index is 402. The van der Waals surface area contributed by atoms with Gasteiger partial charge in [0.25, 0.3) is 5.91 Å². The van der Waals surface area contributed by atoms with Crippen LogP contribution in [0.4, 0.5) is 0 Å². The molecule has 0 aromatic heterocycles. The summed E-state index contributed by atoms with van der Waals surface area (Å²) in [6.07, 6.45) is 2.57. The van der Waals surface area contributed by atoms with Crippen molar-refractivity contribution in [1.82, 2.24) is 5.32 Å². The summed E-state index contributed by atoms with van der Waals surface area (Å²) >= 11 is 0. The number of nitrogens with one attached hydrogen (secondary N) is 1. The lowest BCUT2D eigenvalue weighted by Gasteiger charge is -2.15. The van der Waals surface area contributed by atoms with Crippen molar-refractivity contribution >= 4 is 5.91 Å². The van der Waals surface area contributed by atoms with Crippen LogP contribution < -0.4 is 5.32 Å². The Morgan fingerprint density at radius 3 is 2.56 bits per heavy atom. The molecule has 3 N–H and O–H groups in total. The van der Waals surface area contributed by atoms with Crippen molar-refractivity contribution in [2.24, 2.45) is 5.92 Å². The topological polar surface area (TPSA) is 69.6 Å². The van der Waals surface area contributed by atoms with E-state index in [1.54, 1.807) is 24.3 Å². The molecule has 4 heteroatoms. The Kier molecular flexibility index (Phi) is 4.33. The summed E-state index contributed by atoms with van der Waals surface area (Å²) in [4.78, 5) is 11.9. The van der Waals surface area contributed by atoms with E-state index in [2.05, 4.69) is 5.32 Å². The predicted octanol–water partition coefficient (Wildman–Crippen LogP) is 1.07. The highest BCUT2D eigenvalue weighted by atomic mass is 16.3. The maximum absolute atomic E-state index is 11.9. The van der Waals surface area contributed by atoms with Crippen molar-refractivity contribution in [3.05, 3.63) is 35.4 Å². The zero-order valence-electron chi connectivity index (χ0n) is 10.3. The van der Waals surface area contributed by atoms with E-state index in [0.717, 1.165) is 24.8 Å². The number of amides is 1. The summed E-state index contributed by atoms with van der Waals surface area (Å²) in [6, 6.07) is 6.87. The van der Waals surface area contributed by atoms with E-state index in [1.165, 1.54) is 0 Å². The molecule has 0 heterocycles. The fourth-order valence-electron chi connectivity index (χ4n) is 2.34. The number of benzene rings is 1. The minimum atomic E-state index is -0.276. The second-order valence-corrected chi connectivity index (χ2v) is 4.82. The molecule has 4 nitrogen and oxygen atoms in total. The molecule has 98 valence electrons. The molecule has 1 aliphatic carbocycles. The van der Waals surface area contributed by atoms with Gasteiger partial charge in [-0.25, -0.2) is 0 Å². The highest BCUT2D eigenvalue weighted by Gasteiger charge is 2.25. The third kappa shape index (κ3) is 3.09. The number of rotatable bonds is 4. The van der Waals surface area contributed by atoms with Crippen LogP contribution in [-0.4, -0.2) is 28.8 Å². The molecule has 18 heavy (non-hydrogen) atoms. The lowest BCUT2D eigenvalue weighted by molar-refractivity contribution is 0.0916. The minimum Gasteiger partial charge on any atom is -0.393 e. The molecule has 2 unspecified atom stereocenters. The molecule has 0 saturated heterocycles. The van der Waals surface area contributed by atoms with Gasteiger partial charge < -0.3 is 15.5 Å². The zero-order chi connectivity index (χ0) is 13.0. The minimum absolute atomic E-state index is 0.0177. The molecule has 1 saturated carbocycles. The van der Waals surface area contributed by atoms with Gasteiger partial charge in [-0.05, 0) is 30.5 Å². The fourth-order valence-corrected chi connectivity index (χ4v) is 2.34. The van der Waals surface area contributed by atoms with E-state index in [4.69, 9.17) is 5.11 Å². The summed E-state index contributed by atoms with van der Waals surface area (Å²) in [7, 11) is 0. The third-order valence-electron chi connectivity index (χ3n) is 3.54. The molecule has 1 fully saturated rings. The summed E-state index contributed by atoms with van der Waals surface area (Å²) in [5, 5.41) is 21.4. The zero-order valence-corrected chi connectivity index (χ0v) is 10.3. The lowest BCUT2D eigenvalue weighted by Crippen LogP contribution is -2.32. The first-order chi connectivity index (χ1) is 8.70. The van der Waals surface area contributed by atoms with E-state index >= 15 is 0 Å². The highest BCUT2D eigenvalue weighted by Crippen LogP contribution is 2.24. The highest BCUT2D eigenvalue weighted by molar-refractivity contribution is 5.94. The predicted molar refractivity (Wildman–Crippen MR) is 68.0 cm³/mol. The van der Waals surface area contributed by atoms with Crippen LogP contribution >= 0.6 is 0 Å². The maximum Gasteiger partial charge on any atom is 0.251 e. The number of carbonyl (C=O) groups excluding carboxylic acids is 1. The van der Waals surface area contributed by atoms with Crippen molar-refractivity contribution < 1.29 is 15.0 Å². The molecule has 0 aliphatic heterocycles. The molecule has 1 aromatic carbocycles. The van der Waals surface area contributed by atoms with E-state index in [1.807, 2.05) is 0 Å². The molecule has 1 aromatic rings. The first-order valence-electron chi connectivity index (χ1n) is 6.37. The van der Waals surface area contributed by atoms with E-state index < -0.39 is 0 Å². The smallest absolute Gasteiger partial charge is 0.251 e. The van der Waals surface area contributed by atoms with Gasteiger partial charge in [-0.2, -0.15) is 0 Å². The van der Waals surface area contributed by atoms with Crippen molar-refractivity contribution in [1.29, 1.82) is 0 Å². The Morgan fingerprint density at radius 1 is 1.28 bits per heavy atom. The van der Waals surface area contributed by atoms with Crippen molar-refractivity contribution in [2.45, 2.75) is 32.0 Å². The van der Waals surface area contributed by atoms with Gasteiger partial charge in [0.1, 0.15) is 0 Å². The van der Waals surface area contributed by atoms with Gasteiger partial charge in [-0.3, -0.25) is 4.79 Å². The SMILES string of the molecule is O=C(NCC1CCCC1O)c1ccc(CO)cc1. The van der Waals surface area contributed by atoms with Crippen LogP contribution in [0.25, 0.3) is 0 Å². The number of hydrogen-bond acceptors (Lipinski definition) is 3. The number of carbonyl (C=O) groups is 1. The molecule has 1 amide bonds. The first-order valence-corrected chi connectivity index (χ1v) is 6.37. The van der Waals surface area contributed by atoms with Gasteiger partial charge in [0, 0.05) is 18.0 Å². The van der Waals surface area contributed by atoms with E-state index in [0.29, 0.717) is 12.1 Å². The first kappa shape index (κ1) is 13.1. The molecule has 0 radical (unpaired) electrons. The van der Waals surface area contributed by atoms with Crippen LogP contribution in [0, 0.1) is 5.92 Å². The van der Waals surface area contributed by atoms with Gasteiger partial charge in [0.05, 0.1) is 12.7 Å². The summed E-state index contributed by atoms with van der Waals surface area (Å²) < 4.78 is 0. The Labute approximate surface area is 107 Å². The average molecular weight is 249 g/mol. The molecule has 0 bridgehead atoms. The summed E-state index contributed by atoms with van der Waals surface area (Å²) in [6.45, 7) is 0.512. The molecule has 2 rings (SSSR count).